The van der Waals surface area contributed by atoms with Crippen LogP contribution < -0.4 is 10.5 Å². The van der Waals surface area contributed by atoms with E-state index in [1.165, 1.54) is 25.9 Å². The zero-order valence-corrected chi connectivity index (χ0v) is 13.0. The lowest BCUT2D eigenvalue weighted by atomic mass is 10.3. The fourth-order valence-electron chi connectivity index (χ4n) is 2.50. The van der Waals surface area contributed by atoms with Gasteiger partial charge in [0, 0.05) is 11.4 Å². The molecule has 0 aliphatic carbocycles. The molecular weight excluding hydrogens is 272 g/mol. The maximum absolute atomic E-state index is 12.4. The molecule has 1 aliphatic rings. The topological polar surface area (TPSA) is 55.6 Å². The van der Waals surface area contributed by atoms with Crippen LogP contribution in [0.15, 0.2) is 23.1 Å². The summed E-state index contributed by atoms with van der Waals surface area (Å²) in [5.74, 6) is 1.40. The quantitative estimate of drug-likeness (QED) is 0.784. The predicted octanol–water partition coefficient (Wildman–Crippen LogP) is 2.26. The van der Waals surface area contributed by atoms with Gasteiger partial charge in [-0.3, -0.25) is 4.21 Å². The Balaban J connectivity index is 1.88. The molecule has 1 aromatic rings. The van der Waals surface area contributed by atoms with E-state index >= 15 is 0 Å². The number of nitrogens with two attached hydrogens (primary N) is 1. The van der Waals surface area contributed by atoms with Crippen molar-refractivity contribution >= 4 is 16.5 Å². The van der Waals surface area contributed by atoms with Crippen molar-refractivity contribution in [3.63, 3.8) is 0 Å². The Morgan fingerprint density at radius 3 is 2.80 bits per heavy atom. The van der Waals surface area contributed by atoms with E-state index < -0.39 is 10.8 Å². The van der Waals surface area contributed by atoms with Crippen LogP contribution in [0.1, 0.15) is 26.2 Å². The Bertz CT molecular complexity index is 459. The lowest BCUT2D eigenvalue weighted by molar-refractivity contribution is 0.339. The average Bonchev–Trinajstić information content (AvgIpc) is 2.94. The minimum atomic E-state index is -1.04. The van der Waals surface area contributed by atoms with Crippen molar-refractivity contribution in [2.45, 2.75) is 31.1 Å². The Morgan fingerprint density at radius 2 is 2.10 bits per heavy atom. The monoisotopic (exact) mass is 296 g/mol. The van der Waals surface area contributed by atoms with Crippen molar-refractivity contribution in [1.29, 1.82) is 0 Å². The van der Waals surface area contributed by atoms with Gasteiger partial charge in [0.1, 0.15) is 5.75 Å². The molecule has 112 valence electrons. The summed E-state index contributed by atoms with van der Waals surface area (Å²) >= 11 is 0. The van der Waals surface area contributed by atoms with Gasteiger partial charge < -0.3 is 15.4 Å². The minimum Gasteiger partial charge on any atom is -0.494 e. The summed E-state index contributed by atoms with van der Waals surface area (Å²) in [6, 6.07) is 5.41. The van der Waals surface area contributed by atoms with E-state index in [4.69, 9.17) is 10.5 Å². The Morgan fingerprint density at radius 1 is 1.35 bits per heavy atom. The predicted molar refractivity (Wildman–Crippen MR) is 83.6 cm³/mol. The summed E-state index contributed by atoms with van der Waals surface area (Å²) < 4.78 is 17.8. The van der Waals surface area contributed by atoms with Crippen LogP contribution >= 0.6 is 0 Å². The van der Waals surface area contributed by atoms with Gasteiger partial charge >= 0.3 is 0 Å². The molecular formula is C15H24N2O2S. The molecule has 1 atom stereocenters. The molecule has 0 bridgehead atoms. The summed E-state index contributed by atoms with van der Waals surface area (Å²) in [6.07, 6.45) is 3.55. The molecule has 1 saturated heterocycles. The number of nitrogen functional groups attached to an aromatic ring is 1. The number of hydrogen-bond acceptors (Lipinski definition) is 4. The Labute approximate surface area is 123 Å². The van der Waals surface area contributed by atoms with Gasteiger partial charge in [-0.1, -0.05) is 0 Å². The van der Waals surface area contributed by atoms with Crippen LogP contribution in [0.2, 0.25) is 0 Å². The van der Waals surface area contributed by atoms with Crippen molar-refractivity contribution in [3.8, 4) is 5.75 Å². The van der Waals surface area contributed by atoms with Gasteiger partial charge in [0.05, 0.1) is 22.3 Å². The second-order valence-electron chi connectivity index (χ2n) is 5.08. The third-order valence-corrected chi connectivity index (χ3v) is 5.05. The summed E-state index contributed by atoms with van der Waals surface area (Å²) in [4.78, 5) is 3.15. The molecule has 0 aromatic heterocycles. The molecule has 1 aliphatic heterocycles. The lowest BCUT2D eigenvalue weighted by Gasteiger charge is -2.14. The zero-order chi connectivity index (χ0) is 14.4. The Hall–Kier alpha value is -1.07. The van der Waals surface area contributed by atoms with E-state index in [0.717, 1.165) is 18.7 Å². The van der Waals surface area contributed by atoms with E-state index in [9.17, 15) is 4.21 Å². The number of nitrogens with zero attached hydrogens (tertiary/aromatic N) is 1. The van der Waals surface area contributed by atoms with Gasteiger partial charge in [0.15, 0.2) is 0 Å². The van der Waals surface area contributed by atoms with Gasteiger partial charge in [-0.25, -0.2) is 0 Å². The van der Waals surface area contributed by atoms with Crippen molar-refractivity contribution < 1.29 is 8.95 Å². The highest BCUT2D eigenvalue weighted by Gasteiger charge is 2.13. The normalized spacial score (nSPS) is 17.2. The highest BCUT2D eigenvalue weighted by molar-refractivity contribution is 7.85. The third kappa shape index (κ3) is 4.21. The number of likely N-dealkylation sites (tertiary alicyclic amines) is 1. The van der Waals surface area contributed by atoms with Gasteiger partial charge in [0.25, 0.3) is 0 Å². The number of anilines is 1. The summed E-state index contributed by atoms with van der Waals surface area (Å²) in [6.45, 7) is 5.95. The van der Waals surface area contributed by atoms with Gasteiger partial charge in [0.2, 0.25) is 0 Å². The molecule has 0 saturated carbocycles. The molecule has 5 heteroatoms. The highest BCUT2D eigenvalue weighted by Crippen LogP contribution is 2.23. The smallest absolute Gasteiger partial charge is 0.120 e. The summed E-state index contributed by atoms with van der Waals surface area (Å²) in [5.41, 5.74) is 6.51. The second-order valence-corrected chi connectivity index (χ2v) is 6.62. The molecule has 1 heterocycles. The van der Waals surface area contributed by atoms with Crippen molar-refractivity contribution in [3.05, 3.63) is 18.2 Å². The second kappa shape index (κ2) is 7.64. The fourth-order valence-corrected chi connectivity index (χ4v) is 3.69. The van der Waals surface area contributed by atoms with Crippen molar-refractivity contribution in [2.24, 2.45) is 0 Å². The molecule has 0 amide bonds. The Kier molecular flexibility index (Phi) is 5.86. The first-order valence-corrected chi connectivity index (χ1v) is 8.65. The van der Waals surface area contributed by atoms with Gasteiger partial charge in [-0.05, 0) is 64.0 Å². The van der Waals surface area contributed by atoms with Crippen LogP contribution in [0.3, 0.4) is 0 Å². The molecule has 2 N–H and O–H groups in total. The molecule has 0 spiro atoms. The van der Waals surface area contributed by atoms with E-state index in [1.807, 2.05) is 19.1 Å². The molecule has 20 heavy (non-hydrogen) atoms. The fraction of sp³-hybridized carbons (Fsp3) is 0.600. The van der Waals surface area contributed by atoms with Crippen LogP contribution in [-0.2, 0) is 10.8 Å². The molecule has 4 nitrogen and oxygen atoms in total. The third-order valence-electron chi connectivity index (χ3n) is 3.54. The summed E-state index contributed by atoms with van der Waals surface area (Å²) in [5, 5.41) is 0. The zero-order valence-electron chi connectivity index (χ0n) is 12.1. The first-order valence-electron chi connectivity index (χ1n) is 7.33. The maximum Gasteiger partial charge on any atom is 0.120 e. The molecule has 0 radical (unpaired) electrons. The maximum atomic E-state index is 12.4. The lowest BCUT2D eigenvalue weighted by Crippen LogP contribution is -2.21. The number of benzene rings is 1. The number of ether oxygens (including phenoxy) is 1. The van der Waals surface area contributed by atoms with Crippen LogP contribution in [0.5, 0.6) is 5.75 Å². The minimum absolute atomic E-state index is 0.591. The molecule has 1 aromatic carbocycles. The summed E-state index contributed by atoms with van der Waals surface area (Å²) in [7, 11) is -1.04. The van der Waals surface area contributed by atoms with Crippen molar-refractivity contribution in [1.82, 2.24) is 4.90 Å². The molecule has 2 rings (SSSR count). The van der Waals surface area contributed by atoms with Crippen molar-refractivity contribution in [2.75, 3.05) is 37.7 Å². The van der Waals surface area contributed by atoms with E-state index in [2.05, 4.69) is 4.90 Å². The van der Waals surface area contributed by atoms with Gasteiger partial charge in [-0.15, -0.1) is 0 Å². The largest absolute Gasteiger partial charge is 0.494 e. The molecule has 1 fully saturated rings. The molecule has 1 unspecified atom stereocenters. The SMILES string of the molecule is CCOc1ccc(N)c(S(=O)CCCN2CCCC2)c1. The van der Waals surface area contributed by atoms with E-state index in [1.54, 1.807) is 6.07 Å². The van der Waals surface area contributed by atoms with Crippen LogP contribution in [0.25, 0.3) is 0 Å². The number of rotatable bonds is 7. The van der Waals surface area contributed by atoms with E-state index in [0.29, 0.717) is 22.9 Å². The average molecular weight is 296 g/mol. The number of hydrogen-bond donors (Lipinski definition) is 1. The van der Waals surface area contributed by atoms with Crippen LogP contribution in [-0.4, -0.2) is 41.1 Å². The van der Waals surface area contributed by atoms with Crippen LogP contribution in [0.4, 0.5) is 5.69 Å². The first-order chi connectivity index (χ1) is 9.70. The van der Waals surface area contributed by atoms with Crippen LogP contribution in [0, 0.1) is 0 Å². The first kappa shape index (κ1) is 15.3. The van der Waals surface area contributed by atoms with Gasteiger partial charge in [-0.2, -0.15) is 0 Å². The highest BCUT2D eigenvalue weighted by atomic mass is 32.2. The standard InChI is InChI=1S/C15H24N2O2S/c1-2-19-13-6-7-14(16)15(12-13)20(18)11-5-10-17-8-3-4-9-17/h6-7,12H,2-5,8-11,16H2,1H3. The van der Waals surface area contributed by atoms with E-state index in [-0.39, 0.29) is 0 Å².